The number of halogens is 2. The summed E-state index contributed by atoms with van der Waals surface area (Å²) >= 11 is 0. The van der Waals surface area contributed by atoms with Gasteiger partial charge in [0.25, 0.3) is 6.43 Å². The molecular weight excluding hydrogens is 204 g/mol. The highest BCUT2D eigenvalue weighted by Gasteiger charge is 2.42. The Kier molecular flexibility index (Phi) is 3.19. The van der Waals surface area contributed by atoms with Gasteiger partial charge in [0.15, 0.2) is 0 Å². The summed E-state index contributed by atoms with van der Waals surface area (Å²) in [5.74, 6) is -0.765. The van der Waals surface area contributed by atoms with E-state index in [0.29, 0.717) is 19.5 Å². The summed E-state index contributed by atoms with van der Waals surface area (Å²) in [6.07, 6.45) is -1.33. The van der Waals surface area contributed by atoms with Crippen LogP contribution in [-0.2, 0) is 9.53 Å². The van der Waals surface area contributed by atoms with Gasteiger partial charge in [0, 0.05) is 19.7 Å². The third-order valence-corrected chi connectivity index (χ3v) is 3.12. The van der Waals surface area contributed by atoms with Crippen LogP contribution in [0.5, 0.6) is 0 Å². The fraction of sp³-hybridized carbons (Fsp3) is 0.900. The van der Waals surface area contributed by atoms with Gasteiger partial charge in [-0.2, -0.15) is 0 Å². The first kappa shape index (κ1) is 10.8. The standard InChI is InChI=1S/C10H15F2NO2/c11-9(12)8-7(3-6-15-8)10(14)13-4-1-2-5-13/h7-9H,1-6H2/t7-,8+/m1/s1. The Hall–Kier alpha value is -0.710. The van der Waals surface area contributed by atoms with Crippen LogP contribution in [0.3, 0.4) is 0 Å². The lowest BCUT2D eigenvalue weighted by Gasteiger charge is -2.23. The first-order valence-electron chi connectivity index (χ1n) is 5.38. The SMILES string of the molecule is O=C([C@@H]1CCO[C@@H]1C(F)F)N1CCCC1. The van der Waals surface area contributed by atoms with E-state index in [-0.39, 0.29) is 12.5 Å². The monoisotopic (exact) mass is 219 g/mol. The van der Waals surface area contributed by atoms with Crippen molar-refractivity contribution in [2.24, 2.45) is 5.92 Å². The highest BCUT2D eigenvalue weighted by atomic mass is 19.3. The van der Waals surface area contributed by atoms with Crippen molar-refractivity contribution in [3.63, 3.8) is 0 Å². The number of carbonyl (C=O) groups excluding carboxylic acids is 1. The molecule has 2 atom stereocenters. The number of hydrogen-bond donors (Lipinski definition) is 0. The molecule has 0 aromatic heterocycles. The molecule has 15 heavy (non-hydrogen) atoms. The highest BCUT2D eigenvalue weighted by molar-refractivity contribution is 5.80. The minimum Gasteiger partial charge on any atom is -0.371 e. The Labute approximate surface area is 87.4 Å². The maximum absolute atomic E-state index is 12.5. The zero-order valence-corrected chi connectivity index (χ0v) is 8.49. The van der Waals surface area contributed by atoms with Crippen molar-refractivity contribution in [3.05, 3.63) is 0 Å². The molecule has 0 bridgehead atoms. The van der Waals surface area contributed by atoms with Gasteiger partial charge in [-0.25, -0.2) is 8.78 Å². The Morgan fingerprint density at radius 1 is 1.33 bits per heavy atom. The average molecular weight is 219 g/mol. The number of amides is 1. The summed E-state index contributed by atoms with van der Waals surface area (Å²) in [6.45, 7) is 1.70. The Bertz CT molecular complexity index is 242. The van der Waals surface area contributed by atoms with Gasteiger partial charge in [-0.1, -0.05) is 0 Å². The quantitative estimate of drug-likeness (QED) is 0.700. The van der Waals surface area contributed by atoms with Crippen LogP contribution >= 0.6 is 0 Å². The van der Waals surface area contributed by atoms with Crippen molar-refractivity contribution in [3.8, 4) is 0 Å². The van der Waals surface area contributed by atoms with Crippen molar-refractivity contribution in [1.29, 1.82) is 0 Å². The number of rotatable bonds is 2. The van der Waals surface area contributed by atoms with Crippen molar-refractivity contribution in [2.45, 2.75) is 31.8 Å². The first-order valence-corrected chi connectivity index (χ1v) is 5.38. The molecule has 5 heteroatoms. The van der Waals surface area contributed by atoms with E-state index in [1.54, 1.807) is 4.90 Å². The van der Waals surface area contributed by atoms with Crippen molar-refractivity contribution in [1.82, 2.24) is 4.90 Å². The second-order valence-corrected chi connectivity index (χ2v) is 4.10. The van der Waals surface area contributed by atoms with E-state index in [0.717, 1.165) is 12.8 Å². The predicted molar refractivity (Wildman–Crippen MR) is 49.7 cm³/mol. The number of ether oxygens (including phenoxy) is 1. The third-order valence-electron chi connectivity index (χ3n) is 3.12. The van der Waals surface area contributed by atoms with Gasteiger partial charge in [0.2, 0.25) is 5.91 Å². The van der Waals surface area contributed by atoms with Crippen molar-refractivity contribution >= 4 is 5.91 Å². The number of hydrogen-bond acceptors (Lipinski definition) is 2. The number of alkyl halides is 2. The normalized spacial score (nSPS) is 31.5. The van der Waals surface area contributed by atoms with E-state index in [4.69, 9.17) is 4.74 Å². The lowest BCUT2D eigenvalue weighted by Crippen LogP contribution is -2.39. The van der Waals surface area contributed by atoms with E-state index in [1.807, 2.05) is 0 Å². The minimum absolute atomic E-state index is 0.143. The second kappa shape index (κ2) is 4.43. The Morgan fingerprint density at radius 2 is 2.00 bits per heavy atom. The number of carbonyl (C=O) groups is 1. The molecule has 2 saturated heterocycles. The lowest BCUT2D eigenvalue weighted by atomic mass is 10.0. The molecule has 2 aliphatic heterocycles. The molecule has 0 spiro atoms. The summed E-state index contributed by atoms with van der Waals surface area (Å²) < 4.78 is 30.0. The molecule has 2 heterocycles. The van der Waals surface area contributed by atoms with Gasteiger partial charge in [-0.05, 0) is 19.3 Å². The van der Waals surface area contributed by atoms with Gasteiger partial charge >= 0.3 is 0 Å². The van der Waals surface area contributed by atoms with Crippen LogP contribution in [0.15, 0.2) is 0 Å². The second-order valence-electron chi connectivity index (χ2n) is 4.10. The van der Waals surface area contributed by atoms with Gasteiger partial charge in [0.05, 0.1) is 5.92 Å². The topological polar surface area (TPSA) is 29.5 Å². The molecule has 0 unspecified atom stereocenters. The Balaban J connectivity index is 1.99. The molecule has 3 nitrogen and oxygen atoms in total. The molecular formula is C10H15F2NO2. The summed E-state index contributed by atoms with van der Waals surface area (Å²) in [6, 6.07) is 0. The van der Waals surface area contributed by atoms with Crippen LogP contribution in [-0.4, -0.2) is 43.0 Å². The zero-order chi connectivity index (χ0) is 10.8. The molecule has 0 saturated carbocycles. The molecule has 2 fully saturated rings. The van der Waals surface area contributed by atoms with Crippen LogP contribution in [0.2, 0.25) is 0 Å². The van der Waals surface area contributed by atoms with Crippen molar-refractivity contribution < 1.29 is 18.3 Å². The van der Waals surface area contributed by atoms with Gasteiger partial charge in [-0.15, -0.1) is 0 Å². The van der Waals surface area contributed by atoms with E-state index in [1.165, 1.54) is 0 Å². The van der Waals surface area contributed by atoms with Gasteiger partial charge in [0.1, 0.15) is 6.10 Å². The summed E-state index contributed by atoms with van der Waals surface area (Å²) in [7, 11) is 0. The smallest absolute Gasteiger partial charge is 0.265 e. The molecule has 0 N–H and O–H groups in total. The first-order chi connectivity index (χ1) is 7.20. The lowest BCUT2D eigenvalue weighted by molar-refractivity contribution is -0.139. The average Bonchev–Trinajstić information content (AvgIpc) is 2.88. The molecule has 0 aromatic carbocycles. The van der Waals surface area contributed by atoms with Gasteiger partial charge < -0.3 is 9.64 Å². The molecule has 0 radical (unpaired) electrons. The summed E-state index contributed by atoms with van der Waals surface area (Å²) in [5, 5.41) is 0. The van der Waals surface area contributed by atoms with E-state index in [2.05, 4.69) is 0 Å². The molecule has 1 amide bonds. The third kappa shape index (κ3) is 2.12. The van der Waals surface area contributed by atoms with Gasteiger partial charge in [-0.3, -0.25) is 4.79 Å². The van der Waals surface area contributed by atoms with E-state index >= 15 is 0 Å². The van der Waals surface area contributed by atoms with E-state index < -0.39 is 18.4 Å². The minimum atomic E-state index is -2.55. The zero-order valence-electron chi connectivity index (χ0n) is 8.49. The summed E-state index contributed by atoms with van der Waals surface area (Å²) in [4.78, 5) is 13.6. The largest absolute Gasteiger partial charge is 0.371 e. The number of likely N-dealkylation sites (tertiary alicyclic amines) is 1. The Morgan fingerprint density at radius 3 is 2.60 bits per heavy atom. The number of nitrogens with zero attached hydrogens (tertiary/aromatic N) is 1. The fourth-order valence-corrected chi connectivity index (χ4v) is 2.30. The van der Waals surface area contributed by atoms with Crippen LogP contribution in [0.4, 0.5) is 8.78 Å². The summed E-state index contributed by atoms with van der Waals surface area (Å²) in [5.41, 5.74) is 0. The van der Waals surface area contributed by atoms with Crippen LogP contribution in [0, 0.1) is 5.92 Å². The van der Waals surface area contributed by atoms with Crippen LogP contribution in [0.25, 0.3) is 0 Å². The molecule has 2 rings (SSSR count). The van der Waals surface area contributed by atoms with Crippen molar-refractivity contribution in [2.75, 3.05) is 19.7 Å². The maximum atomic E-state index is 12.5. The molecule has 0 aromatic rings. The fourth-order valence-electron chi connectivity index (χ4n) is 2.30. The van der Waals surface area contributed by atoms with Crippen LogP contribution in [0.1, 0.15) is 19.3 Å². The molecule has 0 aliphatic carbocycles. The predicted octanol–water partition coefficient (Wildman–Crippen LogP) is 1.28. The highest BCUT2D eigenvalue weighted by Crippen LogP contribution is 2.28. The van der Waals surface area contributed by atoms with E-state index in [9.17, 15) is 13.6 Å². The maximum Gasteiger partial charge on any atom is 0.265 e. The molecule has 2 aliphatic rings. The molecule has 86 valence electrons. The van der Waals surface area contributed by atoms with Crippen LogP contribution < -0.4 is 0 Å².